The van der Waals surface area contributed by atoms with E-state index in [-0.39, 0.29) is 0 Å². The van der Waals surface area contributed by atoms with E-state index in [1.54, 1.807) is 18.4 Å². The molecule has 0 saturated carbocycles. The Hall–Kier alpha value is -5.20. The van der Waals surface area contributed by atoms with Crippen molar-refractivity contribution in [2.75, 3.05) is 12.4 Å². The largest absolute Gasteiger partial charge is 0.497 e. The fraction of sp³-hybridized carbons (Fsp3) is 0.0811. The van der Waals surface area contributed by atoms with E-state index in [9.17, 15) is 0 Å². The molecule has 5 aromatic carbocycles. The van der Waals surface area contributed by atoms with E-state index in [0.717, 1.165) is 50.9 Å². The molecule has 0 unspecified atom stereocenters. The van der Waals surface area contributed by atoms with Crippen molar-refractivity contribution in [2.24, 2.45) is 0 Å². The Labute approximate surface area is 255 Å². The summed E-state index contributed by atoms with van der Waals surface area (Å²) in [5.41, 5.74) is 10.2. The molecule has 7 rings (SSSR count). The summed E-state index contributed by atoms with van der Waals surface area (Å²) in [6.07, 6.45) is 3.84. The number of para-hydroxylation sites is 1. The molecule has 210 valence electrons. The van der Waals surface area contributed by atoms with Crippen LogP contribution in [0.25, 0.3) is 43.0 Å². The van der Waals surface area contributed by atoms with E-state index in [1.807, 2.05) is 36.8 Å². The number of hydrogen-bond donors (Lipinski definition) is 1. The molecule has 0 fully saturated rings. The van der Waals surface area contributed by atoms with Crippen LogP contribution in [0.15, 0.2) is 134 Å². The highest BCUT2D eigenvalue weighted by atomic mass is 32.1. The number of methoxy groups -OCH3 is 1. The van der Waals surface area contributed by atoms with Crippen molar-refractivity contribution < 1.29 is 4.74 Å². The lowest BCUT2D eigenvalue weighted by molar-refractivity contribution is 0.415. The summed E-state index contributed by atoms with van der Waals surface area (Å²) in [5, 5.41) is 4.65. The predicted molar refractivity (Wildman–Crippen MR) is 178 cm³/mol. The standard InChI is InChI=1S/C37H30N4OS/c1-42-32-18-15-29(16-19-32)34-21-30(17-20-33(34)37-40-35-9-5-6-10-36(35)43-37)39-23-31-22-38-25-41(31)24-26-11-13-28(14-12-26)27-7-3-2-4-8-27/h2-22,25,39H,23-24H2,1H3. The number of imidazole rings is 1. The summed E-state index contributed by atoms with van der Waals surface area (Å²) in [4.78, 5) is 9.41. The summed E-state index contributed by atoms with van der Waals surface area (Å²) in [6, 6.07) is 42.3. The second-order valence-corrected chi connectivity index (χ2v) is 11.4. The van der Waals surface area contributed by atoms with Crippen molar-refractivity contribution in [3.63, 3.8) is 0 Å². The Balaban J connectivity index is 1.13. The summed E-state index contributed by atoms with van der Waals surface area (Å²) in [7, 11) is 1.69. The second-order valence-electron chi connectivity index (χ2n) is 10.4. The summed E-state index contributed by atoms with van der Waals surface area (Å²) < 4.78 is 8.79. The van der Waals surface area contributed by atoms with Gasteiger partial charge >= 0.3 is 0 Å². The summed E-state index contributed by atoms with van der Waals surface area (Å²) >= 11 is 1.72. The van der Waals surface area contributed by atoms with Crippen LogP contribution in [0.4, 0.5) is 5.69 Å². The Morgan fingerprint density at radius 3 is 2.28 bits per heavy atom. The van der Waals surface area contributed by atoms with Gasteiger partial charge in [0.2, 0.25) is 0 Å². The number of thiazole rings is 1. The molecule has 0 atom stereocenters. The van der Waals surface area contributed by atoms with Gasteiger partial charge in [-0.25, -0.2) is 9.97 Å². The first-order valence-electron chi connectivity index (χ1n) is 14.3. The molecule has 5 nitrogen and oxygen atoms in total. The van der Waals surface area contributed by atoms with E-state index in [2.05, 4.69) is 112 Å². The SMILES string of the molecule is COc1ccc(-c2cc(NCc3cncn3Cc3ccc(-c4ccccc4)cc3)ccc2-c2nc3ccccc3s2)cc1. The van der Waals surface area contributed by atoms with E-state index in [4.69, 9.17) is 9.72 Å². The van der Waals surface area contributed by atoms with Crippen LogP contribution in [0.1, 0.15) is 11.3 Å². The van der Waals surface area contributed by atoms with E-state index >= 15 is 0 Å². The Bertz CT molecular complexity index is 1940. The van der Waals surface area contributed by atoms with Gasteiger partial charge in [0.25, 0.3) is 0 Å². The molecule has 1 N–H and O–H groups in total. The highest BCUT2D eigenvalue weighted by molar-refractivity contribution is 7.21. The number of ether oxygens (including phenoxy) is 1. The van der Waals surface area contributed by atoms with Crippen molar-refractivity contribution in [1.29, 1.82) is 0 Å². The van der Waals surface area contributed by atoms with Gasteiger partial charge in [-0.15, -0.1) is 11.3 Å². The Kier molecular flexibility index (Phi) is 7.42. The van der Waals surface area contributed by atoms with Gasteiger partial charge in [0.15, 0.2) is 0 Å². The number of hydrogen-bond acceptors (Lipinski definition) is 5. The molecule has 0 amide bonds. The lowest BCUT2D eigenvalue weighted by atomic mass is 9.99. The molecule has 0 radical (unpaired) electrons. The quantitative estimate of drug-likeness (QED) is 0.186. The molecule has 6 heteroatoms. The number of fused-ring (bicyclic) bond motifs is 1. The molecule has 7 aromatic rings. The fourth-order valence-corrected chi connectivity index (χ4v) is 6.30. The molecular formula is C37H30N4OS. The van der Waals surface area contributed by atoms with Gasteiger partial charge in [0, 0.05) is 24.0 Å². The molecule has 0 saturated heterocycles. The monoisotopic (exact) mass is 578 g/mol. The zero-order chi connectivity index (χ0) is 29.0. The third-order valence-electron chi connectivity index (χ3n) is 7.63. The van der Waals surface area contributed by atoms with Crippen molar-refractivity contribution >= 4 is 27.2 Å². The van der Waals surface area contributed by atoms with Crippen LogP contribution in [0.3, 0.4) is 0 Å². The molecule has 0 bridgehead atoms. The molecule has 0 aliphatic carbocycles. The van der Waals surface area contributed by atoms with E-state index < -0.39 is 0 Å². The van der Waals surface area contributed by atoms with Gasteiger partial charge in [-0.3, -0.25) is 0 Å². The first-order chi connectivity index (χ1) is 21.2. The molecule has 0 aliphatic heterocycles. The third-order valence-corrected chi connectivity index (χ3v) is 8.70. The van der Waals surface area contributed by atoms with Crippen LogP contribution in [0.2, 0.25) is 0 Å². The van der Waals surface area contributed by atoms with Gasteiger partial charge in [0.05, 0.1) is 35.9 Å². The highest BCUT2D eigenvalue weighted by Gasteiger charge is 2.14. The minimum Gasteiger partial charge on any atom is -0.497 e. The van der Waals surface area contributed by atoms with Gasteiger partial charge in [-0.2, -0.15) is 0 Å². The van der Waals surface area contributed by atoms with Crippen molar-refractivity contribution in [1.82, 2.24) is 14.5 Å². The Morgan fingerprint density at radius 1 is 0.744 bits per heavy atom. The smallest absolute Gasteiger partial charge is 0.125 e. The highest BCUT2D eigenvalue weighted by Crippen LogP contribution is 2.38. The van der Waals surface area contributed by atoms with Gasteiger partial charge < -0.3 is 14.6 Å². The van der Waals surface area contributed by atoms with Crippen LogP contribution < -0.4 is 10.1 Å². The molecule has 0 aliphatic rings. The number of nitrogens with one attached hydrogen (secondary N) is 1. The van der Waals surface area contributed by atoms with Crippen LogP contribution >= 0.6 is 11.3 Å². The zero-order valence-corrected chi connectivity index (χ0v) is 24.6. The molecule has 2 heterocycles. The van der Waals surface area contributed by atoms with Crippen molar-refractivity contribution in [2.45, 2.75) is 13.1 Å². The maximum absolute atomic E-state index is 5.41. The minimum absolute atomic E-state index is 0.657. The molecule has 43 heavy (non-hydrogen) atoms. The van der Waals surface area contributed by atoms with E-state index in [1.165, 1.54) is 21.4 Å². The Morgan fingerprint density at radius 2 is 1.49 bits per heavy atom. The summed E-state index contributed by atoms with van der Waals surface area (Å²) in [5.74, 6) is 0.836. The van der Waals surface area contributed by atoms with Crippen LogP contribution in [-0.4, -0.2) is 21.6 Å². The van der Waals surface area contributed by atoms with Crippen molar-refractivity contribution in [3.8, 4) is 38.6 Å². The maximum atomic E-state index is 5.41. The normalized spacial score (nSPS) is 11.1. The van der Waals surface area contributed by atoms with Crippen molar-refractivity contribution in [3.05, 3.63) is 145 Å². The second kappa shape index (κ2) is 12.0. The number of nitrogens with zero attached hydrogens (tertiary/aromatic N) is 3. The number of rotatable bonds is 9. The van der Waals surface area contributed by atoms with E-state index in [0.29, 0.717) is 6.54 Å². The average molecular weight is 579 g/mol. The van der Waals surface area contributed by atoms with Crippen LogP contribution in [-0.2, 0) is 13.1 Å². The fourth-order valence-electron chi connectivity index (χ4n) is 5.30. The van der Waals surface area contributed by atoms with Crippen LogP contribution in [0, 0.1) is 0 Å². The van der Waals surface area contributed by atoms with Crippen LogP contribution in [0.5, 0.6) is 5.75 Å². The minimum atomic E-state index is 0.657. The maximum Gasteiger partial charge on any atom is 0.125 e. The van der Waals surface area contributed by atoms with Gasteiger partial charge in [-0.1, -0.05) is 78.9 Å². The topological polar surface area (TPSA) is 52.0 Å². The predicted octanol–water partition coefficient (Wildman–Crippen LogP) is 9.16. The first-order valence-corrected chi connectivity index (χ1v) is 15.1. The third kappa shape index (κ3) is 5.78. The molecule has 2 aromatic heterocycles. The molecule has 0 spiro atoms. The van der Waals surface area contributed by atoms with Gasteiger partial charge in [-0.05, 0) is 70.3 Å². The zero-order valence-electron chi connectivity index (χ0n) is 23.8. The lowest BCUT2D eigenvalue weighted by Crippen LogP contribution is -2.08. The summed E-state index contributed by atoms with van der Waals surface area (Å²) in [6.45, 7) is 1.42. The number of aromatic nitrogens is 3. The first kappa shape index (κ1) is 26.7. The molecular weight excluding hydrogens is 549 g/mol. The number of anilines is 1. The van der Waals surface area contributed by atoms with Gasteiger partial charge in [0.1, 0.15) is 10.8 Å². The lowest BCUT2D eigenvalue weighted by Gasteiger charge is -2.14. The average Bonchev–Trinajstić information content (AvgIpc) is 3.71. The number of benzene rings is 5.